The van der Waals surface area contributed by atoms with Gasteiger partial charge in [0.1, 0.15) is 0 Å². The number of piperazine rings is 1. The lowest BCUT2D eigenvalue weighted by Gasteiger charge is -2.30. The van der Waals surface area contributed by atoms with Gasteiger partial charge in [0.05, 0.1) is 22.8 Å². The van der Waals surface area contributed by atoms with E-state index in [1.165, 1.54) is 0 Å². The van der Waals surface area contributed by atoms with Crippen LogP contribution in [0.2, 0.25) is 0 Å². The average Bonchev–Trinajstić information content (AvgIpc) is 3.04. The standard InChI is InChI=1S/C17H19N5O.ClH/c1-11-13(9-12-5-3-4-6-14(12)19-11)17-20-16(21-23-17)15-10-18-7-8-22(15)2;/h3-6,9,15,18H,7-8,10H2,1-2H3;1H. The van der Waals surface area contributed by atoms with Crippen LogP contribution in [0, 0.1) is 6.92 Å². The maximum absolute atomic E-state index is 5.53. The first-order chi connectivity index (χ1) is 11.2. The second-order valence-corrected chi connectivity index (χ2v) is 5.97. The third-order valence-corrected chi connectivity index (χ3v) is 4.40. The van der Waals surface area contributed by atoms with Crippen LogP contribution >= 0.6 is 12.4 Å². The molecular weight excluding hydrogens is 326 g/mol. The van der Waals surface area contributed by atoms with E-state index in [9.17, 15) is 0 Å². The Bertz CT molecular complexity index is 850. The van der Waals surface area contributed by atoms with E-state index in [0.717, 1.165) is 47.6 Å². The van der Waals surface area contributed by atoms with Gasteiger partial charge >= 0.3 is 0 Å². The fraction of sp³-hybridized carbons (Fsp3) is 0.353. The van der Waals surface area contributed by atoms with Crippen LogP contribution in [0.3, 0.4) is 0 Å². The number of nitrogens with zero attached hydrogens (tertiary/aromatic N) is 4. The first-order valence-corrected chi connectivity index (χ1v) is 7.84. The molecule has 1 saturated heterocycles. The average molecular weight is 346 g/mol. The summed E-state index contributed by atoms with van der Waals surface area (Å²) < 4.78 is 5.53. The monoisotopic (exact) mass is 345 g/mol. The normalized spacial score (nSPS) is 18.5. The fourth-order valence-corrected chi connectivity index (χ4v) is 3.00. The number of likely N-dealkylation sites (N-methyl/N-ethyl adjacent to an activating group) is 1. The molecule has 126 valence electrons. The molecule has 1 N–H and O–H groups in total. The molecule has 0 spiro atoms. The van der Waals surface area contributed by atoms with Crippen LogP contribution in [0.25, 0.3) is 22.4 Å². The number of pyridine rings is 1. The molecule has 3 heterocycles. The summed E-state index contributed by atoms with van der Waals surface area (Å²) in [5.74, 6) is 1.26. The van der Waals surface area contributed by atoms with Crippen LogP contribution < -0.4 is 5.32 Å². The molecule has 1 unspecified atom stereocenters. The van der Waals surface area contributed by atoms with Gasteiger partial charge in [0.2, 0.25) is 0 Å². The molecule has 1 aliphatic heterocycles. The smallest absolute Gasteiger partial charge is 0.259 e. The number of benzene rings is 1. The van der Waals surface area contributed by atoms with Crippen molar-refractivity contribution in [1.82, 2.24) is 25.3 Å². The van der Waals surface area contributed by atoms with E-state index >= 15 is 0 Å². The van der Waals surface area contributed by atoms with E-state index in [4.69, 9.17) is 4.52 Å². The van der Waals surface area contributed by atoms with E-state index in [1.54, 1.807) is 0 Å². The molecule has 0 saturated carbocycles. The summed E-state index contributed by atoms with van der Waals surface area (Å²) in [5.41, 5.74) is 2.77. The van der Waals surface area contributed by atoms with E-state index in [1.807, 2.05) is 31.2 Å². The molecule has 4 rings (SSSR count). The molecular formula is C17H20ClN5O. The van der Waals surface area contributed by atoms with Crippen molar-refractivity contribution >= 4 is 23.3 Å². The Labute approximate surface area is 146 Å². The SMILES string of the molecule is Cc1nc2ccccc2cc1-c1nc(C2CNCCN2C)no1.Cl. The number of halogens is 1. The Morgan fingerprint density at radius 1 is 1.25 bits per heavy atom. The zero-order valence-corrected chi connectivity index (χ0v) is 14.5. The molecule has 3 aromatic rings. The minimum Gasteiger partial charge on any atom is -0.334 e. The minimum atomic E-state index is 0. The lowest BCUT2D eigenvalue weighted by Crippen LogP contribution is -2.44. The summed E-state index contributed by atoms with van der Waals surface area (Å²) >= 11 is 0. The van der Waals surface area contributed by atoms with Crippen molar-refractivity contribution in [3.8, 4) is 11.5 Å². The van der Waals surface area contributed by atoms with Crippen LogP contribution in [-0.2, 0) is 0 Å². The molecule has 24 heavy (non-hydrogen) atoms. The molecule has 0 amide bonds. The zero-order valence-electron chi connectivity index (χ0n) is 13.7. The van der Waals surface area contributed by atoms with Gasteiger partial charge in [0, 0.05) is 25.0 Å². The molecule has 0 bridgehead atoms. The van der Waals surface area contributed by atoms with Crippen molar-refractivity contribution in [2.75, 3.05) is 26.7 Å². The summed E-state index contributed by atoms with van der Waals surface area (Å²) in [6.45, 7) is 4.78. The highest BCUT2D eigenvalue weighted by Gasteiger charge is 2.26. The van der Waals surface area contributed by atoms with Gasteiger partial charge in [-0.3, -0.25) is 9.88 Å². The Balaban J connectivity index is 0.00000169. The van der Waals surface area contributed by atoms with Gasteiger partial charge in [-0.15, -0.1) is 12.4 Å². The molecule has 1 fully saturated rings. The van der Waals surface area contributed by atoms with E-state index < -0.39 is 0 Å². The summed E-state index contributed by atoms with van der Waals surface area (Å²) in [6.07, 6.45) is 0. The Hall–Kier alpha value is -2.02. The van der Waals surface area contributed by atoms with Crippen molar-refractivity contribution in [2.45, 2.75) is 13.0 Å². The number of hydrogen-bond acceptors (Lipinski definition) is 6. The second-order valence-electron chi connectivity index (χ2n) is 5.97. The molecule has 6 nitrogen and oxygen atoms in total. The minimum absolute atomic E-state index is 0. The molecule has 1 aromatic carbocycles. The number of para-hydroxylation sites is 1. The predicted octanol–water partition coefficient (Wildman–Crippen LogP) is 2.59. The molecule has 1 atom stereocenters. The Kier molecular flexibility index (Phi) is 4.80. The Morgan fingerprint density at radius 3 is 2.92 bits per heavy atom. The number of aromatic nitrogens is 3. The number of rotatable bonds is 2. The quantitative estimate of drug-likeness (QED) is 0.770. The van der Waals surface area contributed by atoms with Gasteiger partial charge in [-0.25, -0.2) is 0 Å². The van der Waals surface area contributed by atoms with E-state index in [0.29, 0.717) is 5.89 Å². The number of aryl methyl sites for hydroxylation is 1. The maximum atomic E-state index is 5.53. The number of nitrogens with one attached hydrogen (secondary N) is 1. The third-order valence-electron chi connectivity index (χ3n) is 4.40. The van der Waals surface area contributed by atoms with E-state index in [-0.39, 0.29) is 18.4 Å². The molecule has 0 radical (unpaired) electrons. The summed E-state index contributed by atoms with van der Waals surface area (Å²) in [4.78, 5) is 11.5. The van der Waals surface area contributed by atoms with Crippen LogP contribution in [0.5, 0.6) is 0 Å². The molecule has 2 aromatic heterocycles. The van der Waals surface area contributed by atoms with Gasteiger partial charge in [0.15, 0.2) is 5.82 Å². The zero-order chi connectivity index (χ0) is 15.8. The van der Waals surface area contributed by atoms with Crippen molar-refractivity contribution in [3.63, 3.8) is 0 Å². The van der Waals surface area contributed by atoms with Crippen LogP contribution in [0.1, 0.15) is 17.6 Å². The largest absolute Gasteiger partial charge is 0.334 e. The highest BCUT2D eigenvalue weighted by atomic mass is 35.5. The maximum Gasteiger partial charge on any atom is 0.259 e. The molecule has 7 heteroatoms. The van der Waals surface area contributed by atoms with E-state index in [2.05, 4.69) is 38.5 Å². The van der Waals surface area contributed by atoms with Gasteiger partial charge in [-0.05, 0) is 26.1 Å². The van der Waals surface area contributed by atoms with Crippen LogP contribution in [-0.4, -0.2) is 46.7 Å². The van der Waals surface area contributed by atoms with Gasteiger partial charge in [-0.1, -0.05) is 23.4 Å². The van der Waals surface area contributed by atoms with Gasteiger partial charge in [0.25, 0.3) is 5.89 Å². The van der Waals surface area contributed by atoms with Gasteiger partial charge < -0.3 is 9.84 Å². The summed E-state index contributed by atoms with van der Waals surface area (Å²) in [7, 11) is 2.09. The lowest BCUT2D eigenvalue weighted by molar-refractivity contribution is 0.190. The van der Waals surface area contributed by atoms with Crippen molar-refractivity contribution in [2.24, 2.45) is 0 Å². The third kappa shape index (κ3) is 3.00. The van der Waals surface area contributed by atoms with Crippen LogP contribution in [0.15, 0.2) is 34.9 Å². The van der Waals surface area contributed by atoms with Crippen molar-refractivity contribution < 1.29 is 4.52 Å². The Morgan fingerprint density at radius 2 is 2.08 bits per heavy atom. The summed E-state index contributed by atoms with van der Waals surface area (Å²) in [6, 6.07) is 10.3. The molecule has 1 aliphatic rings. The molecule has 0 aliphatic carbocycles. The topological polar surface area (TPSA) is 67.1 Å². The first kappa shape index (κ1) is 16.8. The van der Waals surface area contributed by atoms with Crippen molar-refractivity contribution in [3.05, 3.63) is 41.9 Å². The highest BCUT2D eigenvalue weighted by molar-refractivity contribution is 5.85. The summed E-state index contributed by atoms with van der Waals surface area (Å²) in [5, 5.41) is 8.64. The fourth-order valence-electron chi connectivity index (χ4n) is 3.00. The van der Waals surface area contributed by atoms with Crippen molar-refractivity contribution in [1.29, 1.82) is 0 Å². The second kappa shape index (κ2) is 6.84. The number of hydrogen-bond donors (Lipinski definition) is 1. The van der Waals surface area contributed by atoms with Crippen LogP contribution in [0.4, 0.5) is 0 Å². The lowest BCUT2D eigenvalue weighted by atomic mass is 10.1. The van der Waals surface area contributed by atoms with Gasteiger partial charge in [-0.2, -0.15) is 4.98 Å². The highest BCUT2D eigenvalue weighted by Crippen LogP contribution is 2.27. The first-order valence-electron chi connectivity index (χ1n) is 7.84. The number of fused-ring (bicyclic) bond motifs is 1. The predicted molar refractivity (Wildman–Crippen MR) is 95.3 cm³/mol.